The van der Waals surface area contributed by atoms with Crippen LogP contribution < -0.4 is 0 Å². The van der Waals surface area contributed by atoms with Crippen molar-refractivity contribution < 1.29 is 0 Å². The van der Waals surface area contributed by atoms with Crippen LogP contribution >= 0.6 is 0 Å². The molecule has 0 saturated heterocycles. The summed E-state index contributed by atoms with van der Waals surface area (Å²) < 4.78 is 0. The van der Waals surface area contributed by atoms with E-state index in [1.807, 2.05) is 27.7 Å². The largest absolute Gasteiger partial charge is 0.0683 e. The molecular formula is C18H40. The lowest BCUT2D eigenvalue weighted by atomic mass is 9.82. The fourth-order valence-electron chi connectivity index (χ4n) is 2.69. The van der Waals surface area contributed by atoms with Crippen LogP contribution in [-0.2, 0) is 0 Å². The molecule has 0 spiro atoms. The standard InChI is InChI=1S/C9H16.C5H12.2C2H6/c1-2-5-9-7-3-6-8(9)4-1;1-5(2,3)4;2*1-2/h8-9H,1-7H2;1-4H3;2*1-2H3. The Morgan fingerprint density at radius 3 is 1.06 bits per heavy atom. The van der Waals surface area contributed by atoms with E-state index >= 15 is 0 Å². The lowest BCUT2D eigenvalue weighted by Crippen LogP contribution is -2.12. The van der Waals surface area contributed by atoms with Gasteiger partial charge in [-0.2, -0.15) is 0 Å². The van der Waals surface area contributed by atoms with Crippen molar-refractivity contribution in [2.45, 2.75) is 100 Å². The average Bonchev–Trinajstić information content (AvgIpc) is 2.80. The normalized spacial score (nSPS) is 25.3. The molecule has 0 radical (unpaired) electrons. The van der Waals surface area contributed by atoms with E-state index < -0.39 is 0 Å². The summed E-state index contributed by atoms with van der Waals surface area (Å²) in [4.78, 5) is 0. The molecule has 2 fully saturated rings. The fourth-order valence-corrected chi connectivity index (χ4v) is 2.69. The number of rotatable bonds is 0. The van der Waals surface area contributed by atoms with Crippen LogP contribution in [0.25, 0.3) is 0 Å². The molecule has 18 heavy (non-hydrogen) atoms. The van der Waals surface area contributed by atoms with Gasteiger partial charge < -0.3 is 0 Å². The van der Waals surface area contributed by atoms with Crippen molar-refractivity contribution in [1.82, 2.24) is 0 Å². The molecule has 2 rings (SSSR count). The van der Waals surface area contributed by atoms with Gasteiger partial charge in [-0.15, -0.1) is 0 Å². The maximum Gasteiger partial charge on any atom is -0.0386 e. The minimum absolute atomic E-state index is 0.500. The highest BCUT2D eigenvalue weighted by molar-refractivity contribution is 4.80. The van der Waals surface area contributed by atoms with E-state index in [1.165, 1.54) is 31.1 Å². The Labute approximate surface area is 118 Å². The Kier molecular flexibility index (Phi) is 13.6. The van der Waals surface area contributed by atoms with E-state index in [0.717, 1.165) is 0 Å². The quantitative estimate of drug-likeness (QED) is 0.434. The van der Waals surface area contributed by atoms with Crippen molar-refractivity contribution in [2.75, 3.05) is 0 Å². The van der Waals surface area contributed by atoms with Crippen LogP contribution in [0.4, 0.5) is 0 Å². The van der Waals surface area contributed by atoms with Crippen LogP contribution in [0.3, 0.4) is 0 Å². The summed E-state index contributed by atoms with van der Waals surface area (Å²) in [6, 6.07) is 0. The van der Waals surface area contributed by atoms with Crippen molar-refractivity contribution >= 4 is 0 Å². The summed E-state index contributed by atoms with van der Waals surface area (Å²) in [7, 11) is 0. The summed E-state index contributed by atoms with van der Waals surface area (Å²) in [5.74, 6) is 2.33. The summed E-state index contributed by atoms with van der Waals surface area (Å²) in [5, 5.41) is 0. The van der Waals surface area contributed by atoms with E-state index in [0.29, 0.717) is 5.41 Å². The van der Waals surface area contributed by atoms with Crippen molar-refractivity contribution in [3.8, 4) is 0 Å². The van der Waals surface area contributed by atoms with Crippen LogP contribution in [0, 0.1) is 17.3 Å². The molecule has 2 unspecified atom stereocenters. The van der Waals surface area contributed by atoms with Crippen molar-refractivity contribution in [3.63, 3.8) is 0 Å². The minimum atomic E-state index is 0.500. The molecule has 0 aliphatic heterocycles. The van der Waals surface area contributed by atoms with Gasteiger partial charge in [0.25, 0.3) is 0 Å². The number of fused-ring (bicyclic) bond motifs is 1. The molecule has 0 heteroatoms. The van der Waals surface area contributed by atoms with Gasteiger partial charge in [0.2, 0.25) is 0 Å². The zero-order valence-corrected chi connectivity index (χ0v) is 14.6. The Hall–Kier alpha value is 0. The highest BCUT2D eigenvalue weighted by atomic mass is 14.3. The van der Waals surface area contributed by atoms with Crippen molar-refractivity contribution in [2.24, 2.45) is 17.3 Å². The first-order chi connectivity index (χ1) is 8.47. The lowest BCUT2D eigenvalue weighted by Gasteiger charge is -2.24. The van der Waals surface area contributed by atoms with E-state index in [2.05, 4.69) is 27.7 Å². The average molecular weight is 257 g/mol. The Morgan fingerprint density at radius 1 is 0.556 bits per heavy atom. The van der Waals surface area contributed by atoms with Crippen LogP contribution in [0.5, 0.6) is 0 Å². The summed E-state index contributed by atoms with van der Waals surface area (Å²) >= 11 is 0. The Morgan fingerprint density at radius 2 is 0.778 bits per heavy atom. The van der Waals surface area contributed by atoms with E-state index in [9.17, 15) is 0 Å². The minimum Gasteiger partial charge on any atom is -0.0683 e. The second kappa shape index (κ2) is 12.1. The smallest absolute Gasteiger partial charge is 0.0386 e. The lowest BCUT2D eigenvalue weighted by molar-refractivity contribution is 0.277. The second-order valence-corrected chi connectivity index (χ2v) is 6.74. The van der Waals surface area contributed by atoms with Gasteiger partial charge in [0.05, 0.1) is 0 Å². The molecule has 0 aromatic carbocycles. The molecule has 0 aromatic rings. The third-order valence-electron chi connectivity index (χ3n) is 3.22. The maximum atomic E-state index is 2.19. The molecular weight excluding hydrogens is 216 g/mol. The summed E-state index contributed by atoms with van der Waals surface area (Å²) in [6.07, 6.45) is 10.8. The van der Waals surface area contributed by atoms with Crippen LogP contribution in [0.2, 0.25) is 0 Å². The first-order valence-electron chi connectivity index (χ1n) is 8.47. The van der Waals surface area contributed by atoms with Gasteiger partial charge in [0, 0.05) is 0 Å². The fraction of sp³-hybridized carbons (Fsp3) is 1.00. The number of hydrogen-bond acceptors (Lipinski definition) is 0. The first-order valence-corrected chi connectivity index (χ1v) is 8.47. The first kappa shape index (κ1) is 20.3. The van der Waals surface area contributed by atoms with Gasteiger partial charge >= 0.3 is 0 Å². The molecule has 2 aliphatic rings. The second-order valence-electron chi connectivity index (χ2n) is 6.74. The van der Waals surface area contributed by atoms with Crippen molar-refractivity contribution in [3.05, 3.63) is 0 Å². The molecule has 0 aromatic heterocycles. The highest BCUT2D eigenvalue weighted by Crippen LogP contribution is 2.41. The van der Waals surface area contributed by atoms with E-state index in [-0.39, 0.29) is 0 Å². The highest BCUT2D eigenvalue weighted by Gasteiger charge is 2.28. The molecule has 0 N–H and O–H groups in total. The molecule has 2 atom stereocenters. The Bertz CT molecular complexity index is 134. The zero-order valence-electron chi connectivity index (χ0n) is 14.6. The molecule has 0 heterocycles. The van der Waals surface area contributed by atoms with Crippen LogP contribution in [0.15, 0.2) is 0 Å². The molecule has 0 bridgehead atoms. The number of hydrogen-bond donors (Lipinski definition) is 0. The molecule has 2 saturated carbocycles. The maximum absolute atomic E-state index is 2.19. The van der Waals surface area contributed by atoms with Crippen molar-refractivity contribution in [1.29, 1.82) is 0 Å². The molecule has 2 aliphatic carbocycles. The summed E-state index contributed by atoms with van der Waals surface area (Å²) in [5.41, 5.74) is 0.500. The van der Waals surface area contributed by atoms with Gasteiger partial charge in [0.1, 0.15) is 0 Å². The van der Waals surface area contributed by atoms with E-state index in [4.69, 9.17) is 0 Å². The van der Waals surface area contributed by atoms with Gasteiger partial charge in [-0.3, -0.25) is 0 Å². The Balaban J connectivity index is 0. The molecule has 112 valence electrons. The van der Waals surface area contributed by atoms with Crippen LogP contribution in [0.1, 0.15) is 100 Å². The predicted octanol–water partition coefficient (Wildman–Crippen LogP) is 7.08. The van der Waals surface area contributed by atoms with Gasteiger partial charge in [-0.05, 0) is 17.3 Å². The third-order valence-corrected chi connectivity index (χ3v) is 3.22. The SMILES string of the molecule is C1CCC2CCCC2C1.CC.CC.CC(C)(C)C. The monoisotopic (exact) mass is 256 g/mol. The molecule has 0 nitrogen and oxygen atoms in total. The van der Waals surface area contributed by atoms with Gasteiger partial charge in [-0.25, -0.2) is 0 Å². The van der Waals surface area contributed by atoms with Gasteiger partial charge in [0.15, 0.2) is 0 Å². The van der Waals surface area contributed by atoms with E-state index in [1.54, 1.807) is 25.7 Å². The molecule has 0 amide bonds. The zero-order chi connectivity index (χ0) is 14.6. The van der Waals surface area contributed by atoms with Gasteiger partial charge in [-0.1, -0.05) is 100 Å². The third kappa shape index (κ3) is 12.5. The van der Waals surface area contributed by atoms with Crippen LogP contribution in [-0.4, -0.2) is 0 Å². The topological polar surface area (TPSA) is 0 Å². The predicted molar refractivity (Wildman–Crippen MR) is 87.1 cm³/mol. The summed E-state index contributed by atoms with van der Waals surface area (Å²) in [6.45, 7) is 16.8.